The molecule has 2 aromatic heterocycles. The van der Waals surface area contributed by atoms with Gasteiger partial charge in [0.2, 0.25) is 5.91 Å². The van der Waals surface area contributed by atoms with Crippen LogP contribution in [0.2, 0.25) is 0 Å². The second-order valence-corrected chi connectivity index (χ2v) is 10.3. The van der Waals surface area contributed by atoms with Crippen LogP contribution in [0.4, 0.5) is 13.2 Å². The molecule has 1 aliphatic rings. The lowest BCUT2D eigenvalue weighted by Gasteiger charge is -2.33. The SMILES string of the molecule is CCn1cc(-c2c(C#N)cccc2C2CN(C(=O)/C=C/CN(C)C)Cc3sc(C#N)cc32)c(C(F)(F)F)n1. The van der Waals surface area contributed by atoms with Crippen molar-refractivity contribution in [3.63, 3.8) is 0 Å². The molecule has 0 saturated heterocycles. The van der Waals surface area contributed by atoms with Crippen LogP contribution in [0.25, 0.3) is 11.1 Å². The van der Waals surface area contributed by atoms with Crippen LogP contribution in [0.1, 0.15) is 45.0 Å². The van der Waals surface area contributed by atoms with Gasteiger partial charge in [0.15, 0.2) is 5.69 Å². The quantitative estimate of drug-likeness (QED) is 0.413. The van der Waals surface area contributed by atoms with E-state index < -0.39 is 17.8 Å². The van der Waals surface area contributed by atoms with Gasteiger partial charge in [-0.25, -0.2) is 0 Å². The van der Waals surface area contributed by atoms with Gasteiger partial charge >= 0.3 is 6.18 Å². The third kappa shape index (κ3) is 5.35. The van der Waals surface area contributed by atoms with E-state index in [4.69, 9.17) is 0 Å². The number of rotatable bonds is 6. The van der Waals surface area contributed by atoms with Gasteiger partial charge in [-0.2, -0.15) is 28.8 Å². The van der Waals surface area contributed by atoms with E-state index in [1.54, 1.807) is 36.1 Å². The van der Waals surface area contributed by atoms with Crippen LogP contribution in [-0.2, 0) is 24.1 Å². The topological polar surface area (TPSA) is 89.0 Å². The molecule has 38 heavy (non-hydrogen) atoms. The van der Waals surface area contributed by atoms with Crippen LogP contribution >= 0.6 is 11.3 Å². The molecule has 0 N–H and O–H groups in total. The number of alkyl halides is 3. The molecule has 7 nitrogen and oxygen atoms in total. The number of likely N-dealkylation sites (N-methyl/N-ethyl adjacent to an activating group) is 1. The lowest BCUT2D eigenvalue weighted by molar-refractivity contribution is -0.141. The standard InChI is InChI=1S/C27H25F3N6OS/c1-4-36-15-22(26(33-36)27(28,29)30)25-17(12-31)7-5-8-19(25)21-14-35(24(37)9-6-10-34(2)3)16-23-20(21)11-18(13-32)38-23/h5-9,11,15,21H,4,10,14,16H2,1-3H3/b9-6+. The molecule has 0 bridgehead atoms. The van der Waals surface area contributed by atoms with Crippen LogP contribution in [0.3, 0.4) is 0 Å². The normalized spacial score (nSPS) is 15.5. The Bertz CT molecular complexity index is 1470. The molecule has 3 aromatic rings. The van der Waals surface area contributed by atoms with Crippen LogP contribution in [-0.4, -0.2) is 52.7 Å². The van der Waals surface area contributed by atoms with Crippen molar-refractivity contribution in [2.45, 2.75) is 32.1 Å². The van der Waals surface area contributed by atoms with Gasteiger partial charge in [-0.05, 0) is 44.3 Å². The molecule has 0 saturated carbocycles. The molecule has 1 aliphatic heterocycles. The van der Waals surface area contributed by atoms with E-state index in [0.29, 0.717) is 17.0 Å². The Morgan fingerprint density at radius 3 is 2.66 bits per heavy atom. The maximum absolute atomic E-state index is 14.1. The number of aryl methyl sites for hydroxylation is 1. The summed E-state index contributed by atoms with van der Waals surface area (Å²) < 4.78 is 43.4. The maximum atomic E-state index is 14.1. The van der Waals surface area contributed by atoms with Crippen LogP contribution in [0.5, 0.6) is 0 Å². The summed E-state index contributed by atoms with van der Waals surface area (Å²) in [4.78, 5) is 17.9. The van der Waals surface area contributed by atoms with E-state index in [1.807, 2.05) is 25.1 Å². The lowest BCUT2D eigenvalue weighted by Crippen LogP contribution is -2.37. The number of carbonyl (C=O) groups excluding carboxylic acids is 1. The third-order valence-electron chi connectivity index (χ3n) is 6.32. The Balaban J connectivity index is 1.89. The lowest BCUT2D eigenvalue weighted by atomic mass is 9.82. The van der Waals surface area contributed by atoms with Crippen molar-refractivity contribution in [1.29, 1.82) is 10.5 Å². The molecule has 4 rings (SSSR count). The molecule has 0 aliphatic carbocycles. The second kappa shape index (κ2) is 10.8. The second-order valence-electron chi connectivity index (χ2n) is 9.16. The summed E-state index contributed by atoms with van der Waals surface area (Å²) >= 11 is 1.26. The number of carbonyl (C=O) groups is 1. The monoisotopic (exact) mass is 538 g/mol. The van der Waals surface area contributed by atoms with Crippen molar-refractivity contribution in [2.24, 2.45) is 0 Å². The number of hydrogen-bond acceptors (Lipinski definition) is 6. The fourth-order valence-electron chi connectivity index (χ4n) is 4.61. The number of aromatic nitrogens is 2. The van der Waals surface area contributed by atoms with Gasteiger partial charge in [-0.15, -0.1) is 11.3 Å². The van der Waals surface area contributed by atoms with Gasteiger partial charge in [-0.1, -0.05) is 18.2 Å². The van der Waals surface area contributed by atoms with Crippen molar-refractivity contribution in [3.05, 3.63) is 74.8 Å². The highest BCUT2D eigenvalue weighted by Gasteiger charge is 2.40. The molecule has 1 aromatic carbocycles. The van der Waals surface area contributed by atoms with Crippen molar-refractivity contribution in [2.75, 3.05) is 27.2 Å². The number of amides is 1. The first-order chi connectivity index (χ1) is 18.1. The van der Waals surface area contributed by atoms with Gasteiger partial charge in [0.05, 0.1) is 18.2 Å². The Hall–Kier alpha value is -3.93. The maximum Gasteiger partial charge on any atom is 0.435 e. The minimum atomic E-state index is -4.73. The zero-order valence-corrected chi connectivity index (χ0v) is 21.9. The smallest absolute Gasteiger partial charge is 0.333 e. The number of halogens is 3. The minimum absolute atomic E-state index is 0.0790. The Morgan fingerprint density at radius 2 is 2.03 bits per heavy atom. The number of nitrogens with zero attached hydrogens (tertiary/aromatic N) is 6. The third-order valence-corrected chi connectivity index (χ3v) is 7.36. The highest BCUT2D eigenvalue weighted by atomic mass is 32.1. The van der Waals surface area contributed by atoms with Crippen LogP contribution in [0.15, 0.2) is 42.6 Å². The van der Waals surface area contributed by atoms with Gasteiger partial charge < -0.3 is 9.80 Å². The molecule has 196 valence electrons. The number of nitriles is 2. The largest absolute Gasteiger partial charge is 0.435 e. The van der Waals surface area contributed by atoms with E-state index in [9.17, 15) is 28.5 Å². The Labute approximate surface area is 222 Å². The number of fused-ring (bicyclic) bond motifs is 1. The molecule has 1 unspecified atom stereocenters. The highest BCUT2D eigenvalue weighted by Crippen LogP contribution is 2.45. The van der Waals surface area contributed by atoms with Crippen molar-refractivity contribution in [3.8, 4) is 23.3 Å². The van der Waals surface area contributed by atoms with E-state index in [1.165, 1.54) is 34.4 Å². The molecular weight excluding hydrogens is 513 g/mol. The minimum Gasteiger partial charge on any atom is -0.333 e. The first-order valence-electron chi connectivity index (χ1n) is 11.9. The molecule has 1 atom stereocenters. The van der Waals surface area contributed by atoms with Crippen LogP contribution < -0.4 is 0 Å². The first kappa shape index (κ1) is 27.1. The van der Waals surface area contributed by atoms with E-state index >= 15 is 0 Å². The predicted octanol–water partition coefficient (Wildman–Crippen LogP) is 4.99. The summed E-state index contributed by atoms with van der Waals surface area (Å²) in [5.41, 5.74) is 0.222. The van der Waals surface area contributed by atoms with E-state index in [0.717, 1.165) is 10.4 Å². The predicted molar refractivity (Wildman–Crippen MR) is 137 cm³/mol. The van der Waals surface area contributed by atoms with Gasteiger partial charge in [-0.3, -0.25) is 9.48 Å². The summed E-state index contributed by atoms with van der Waals surface area (Å²) in [5, 5.41) is 23.2. The van der Waals surface area contributed by atoms with Crippen molar-refractivity contribution >= 4 is 17.2 Å². The molecule has 0 spiro atoms. The molecule has 0 fully saturated rings. The molecule has 1 amide bonds. The van der Waals surface area contributed by atoms with Crippen molar-refractivity contribution in [1.82, 2.24) is 19.6 Å². The summed E-state index contributed by atoms with van der Waals surface area (Å²) in [6, 6.07) is 10.7. The summed E-state index contributed by atoms with van der Waals surface area (Å²) in [6.45, 7) is 2.95. The summed E-state index contributed by atoms with van der Waals surface area (Å²) in [6.07, 6.45) is -0.185. The number of hydrogen-bond donors (Lipinski definition) is 0. The molecule has 0 radical (unpaired) electrons. The molecule has 11 heteroatoms. The van der Waals surface area contributed by atoms with E-state index in [-0.39, 0.29) is 42.2 Å². The number of benzene rings is 1. The molecule has 3 heterocycles. The fourth-order valence-corrected chi connectivity index (χ4v) is 5.64. The summed E-state index contributed by atoms with van der Waals surface area (Å²) in [5.74, 6) is -0.778. The van der Waals surface area contributed by atoms with Gasteiger partial charge in [0.25, 0.3) is 0 Å². The average Bonchev–Trinajstić information content (AvgIpc) is 3.51. The molecular formula is C27H25F3N6OS. The average molecular weight is 539 g/mol. The highest BCUT2D eigenvalue weighted by molar-refractivity contribution is 7.12. The van der Waals surface area contributed by atoms with Gasteiger partial charge in [0, 0.05) is 53.8 Å². The van der Waals surface area contributed by atoms with E-state index in [2.05, 4.69) is 11.2 Å². The Morgan fingerprint density at radius 1 is 1.26 bits per heavy atom. The number of thiophene rings is 1. The summed E-state index contributed by atoms with van der Waals surface area (Å²) in [7, 11) is 3.76. The van der Waals surface area contributed by atoms with Gasteiger partial charge in [0.1, 0.15) is 10.9 Å². The zero-order chi connectivity index (χ0) is 27.6. The van der Waals surface area contributed by atoms with Crippen molar-refractivity contribution < 1.29 is 18.0 Å². The Kier molecular flexibility index (Phi) is 7.72. The first-order valence-corrected chi connectivity index (χ1v) is 12.7. The zero-order valence-electron chi connectivity index (χ0n) is 21.1. The fraction of sp³-hybridized carbons (Fsp3) is 0.333. The van der Waals surface area contributed by atoms with Crippen LogP contribution in [0, 0.1) is 22.7 Å².